The van der Waals surface area contributed by atoms with Crippen LogP contribution in [0, 0.1) is 13.8 Å². The first-order chi connectivity index (χ1) is 45.5. The van der Waals surface area contributed by atoms with Gasteiger partial charge in [-0.05, 0) is 164 Å². The van der Waals surface area contributed by atoms with Gasteiger partial charge in [-0.25, -0.2) is 27.5 Å². The SMILES string of the molecule is C.C.CC(C)(C)OC(=O)N[C@H]1CCNC1.CS(=O)[O-].Cc1c(O)n2nc([C@@H]3Cc4ccccc4CN3C(=O)OC(C)(C)C)cc2[nH]c1=O.Cc1cn2nc([C@@H]3Cc4ccccc4CN3C(=O)c3cc(Cl)ccc3NS(C)(=O)=O)cc2nc1N1CC[C@H](N)C1.Nc1ccc(Cl)cc1C(=O)Cl. The Kier molecular flexibility index (Phi) is 27.1. The Morgan fingerprint density at radius 3 is 1.89 bits per heavy atom. The number of aromatic hydroxyl groups is 1. The topological polar surface area (TPSA) is 359 Å². The van der Waals surface area contributed by atoms with E-state index in [2.05, 4.69) is 36.4 Å². The molecule has 1 unspecified atom stereocenters. The summed E-state index contributed by atoms with van der Waals surface area (Å²) in [4.78, 5) is 74.2. The van der Waals surface area contributed by atoms with Crippen molar-refractivity contribution in [2.24, 2.45) is 5.73 Å². The summed E-state index contributed by atoms with van der Waals surface area (Å²) in [6, 6.07) is 28.3. The maximum Gasteiger partial charge on any atom is 0.411 e. The number of rotatable bonds is 8. The summed E-state index contributed by atoms with van der Waals surface area (Å²) in [5, 5.41) is 25.8. The lowest BCUT2D eigenvalue weighted by Crippen LogP contribution is -2.42. The van der Waals surface area contributed by atoms with Crippen LogP contribution in [0.3, 0.4) is 0 Å². The van der Waals surface area contributed by atoms with Crippen LogP contribution in [0.2, 0.25) is 10.0 Å². The third kappa shape index (κ3) is 21.6. The monoisotopic (exact) mass is 1460 g/mol. The number of sulfonamides is 1. The van der Waals surface area contributed by atoms with Crippen molar-refractivity contribution in [3.8, 4) is 5.88 Å². The van der Waals surface area contributed by atoms with Crippen LogP contribution in [0.1, 0.15) is 147 Å². The van der Waals surface area contributed by atoms with Crippen molar-refractivity contribution < 1.29 is 50.9 Å². The van der Waals surface area contributed by atoms with Gasteiger partial charge in [-0.2, -0.15) is 14.7 Å². The minimum Gasteiger partial charge on any atom is -0.773 e. The lowest BCUT2D eigenvalue weighted by atomic mass is 9.91. The molecule has 12 rings (SSSR count). The largest absolute Gasteiger partial charge is 0.773 e. The zero-order valence-corrected chi connectivity index (χ0v) is 59.2. The molecule has 8 heterocycles. The van der Waals surface area contributed by atoms with E-state index in [0.29, 0.717) is 64.3 Å². The first-order valence-corrected chi connectivity index (χ1v) is 35.4. The summed E-state index contributed by atoms with van der Waals surface area (Å²) in [6.45, 7) is 18.8. The number of nitrogens with two attached hydrogens (primary N) is 2. The van der Waals surface area contributed by atoms with Gasteiger partial charge in [0.05, 0.1) is 52.1 Å². The number of anilines is 3. The molecular weight excluding hydrogens is 1380 g/mol. The van der Waals surface area contributed by atoms with Crippen LogP contribution in [-0.2, 0) is 56.5 Å². The number of fused-ring (bicyclic) bond motifs is 4. The van der Waals surface area contributed by atoms with Gasteiger partial charge < -0.3 is 56.0 Å². The van der Waals surface area contributed by atoms with Crippen molar-refractivity contribution in [1.82, 2.24) is 49.6 Å². The van der Waals surface area contributed by atoms with Gasteiger partial charge in [0.25, 0.3) is 16.7 Å². The highest BCUT2D eigenvalue weighted by Crippen LogP contribution is 2.38. The van der Waals surface area contributed by atoms with Crippen LogP contribution in [0.15, 0.2) is 108 Å². The van der Waals surface area contributed by atoms with Crippen LogP contribution >= 0.6 is 34.8 Å². The lowest BCUT2D eigenvalue weighted by Gasteiger charge is -2.37. The number of hydrogen-bond acceptors (Lipinski definition) is 19. The molecule has 4 aliphatic rings. The molecule has 0 aliphatic carbocycles. The summed E-state index contributed by atoms with van der Waals surface area (Å²) >= 11 is 15.2. The van der Waals surface area contributed by atoms with Crippen molar-refractivity contribution in [2.45, 2.75) is 144 Å². The van der Waals surface area contributed by atoms with Gasteiger partial charge in [0.1, 0.15) is 22.7 Å². The summed E-state index contributed by atoms with van der Waals surface area (Å²) in [6.07, 6.45) is 6.36. The zero-order chi connectivity index (χ0) is 71.0. The van der Waals surface area contributed by atoms with E-state index in [-0.39, 0.29) is 78.8 Å². The van der Waals surface area contributed by atoms with E-state index in [9.17, 15) is 37.5 Å². The molecule has 0 radical (unpaired) electrons. The van der Waals surface area contributed by atoms with Crippen LogP contribution in [0.5, 0.6) is 5.88 Å². The van der Waals surface area contributed by atoms with Crippen LogP contribution in [-0.4, -0.2) is 147 Å². The maximum atomic E-state index is 14.1. The summed E-state index contributed by atoms with van der Waals surface area (Å²) in [5.41, 5.74) is 18.9. The first-order valence-electron chi connectivity index (χ1n) is 30.9. The van der Waals surface area contributed by atoms with Gasteiger partial charge in [-0.1, -0.05) is 97.7 Å². The van der Waals surface area contributed by atoms with Gasteiger partial charge >= 0.3 is 12.2 Å². The van der Waals surface area contributed by atoms with E-state index in [1.54, 1.807) is 32.5 Å². The highest BCUT2D eigenvalue weighted by atomic mass is 35.5. The minimum absolute atomic E-state index is 0. The van der Waals surface area contributed by atoms with E-state index >= 15 is 0 Å². The number of carbonyl (C=O) groups is 4. The number of halogens is 3. The second kappa shape index (κ2) is 33.7. The van der Waals surface area contributed by atoms with Crippen molar-refractivity contribution in [3.63, 3.8) is 0 Å². The van der Waals surface area contributed by atoms with E-state index in [1.165, 1.54) is 35.7 Å². The predicted molar refractivity (Wildman–Crippen MR) is 387 cm³/mol. The number of carbonyl (C=O) groups excluding carboxylic acids is 4. The fourth-order valence-corrected chi connectivity index (χ4v) is 12.2. The van der Waals surface area contributed by atoms with E-state index in [0.717, 1.165) is 85.2 Å². The third-order valence-electron chi connectivity index (χ3n) is 15.6. The third-order valence-corrected chi connectivity index (χ3v) is 16.8. The fraction of sp³-hybridized carbons (Fsp3) is 0.412. The molecule has 99 heavy (non-hydrogen) atoms. The van der Waals surface area contributed by atoms with Gasteiger partial charge in [-0.15, -0.1) is 0 Å². The van der Waals surface area contributed by atoms with Crippen molar-refractivity contribution in [3.05, 3.63) is 180 Å². The number of nitrogen functional groups attached to an aromatic ring is 1. The quantitative estimate of drug-likeness (QED) is 0.0422. The normalized spacial score (nSPS) is 17.3. The Labute approximate surface area is 594 Å². The molecule has 9 N–H and O–H groups in total. The number of ether oxygens (including phenoxy) is 2. The average Bonchev–Trinajstić information content (AvgIpc) is 1.75. The van der Waals surface area contributed by atoms with Gasteiger partial charge in [0, 0.05) is 84.4 Å². The first kappa shape index (κ1) is 79.6. The lowest BCUT2D eigenvalue weighted by molar-refractivity contribution is 0.0110. The Morgan fingerprint density at radius 2 is 1.35 bits per heavy atom. The molecule has 3 amide bonds. The Bertz CT molecular complexity index is 4410. The van der Waals surface area contributed by atoms with Crippen LogP contribution in [0.25, 0.3) is 11.3 Å². The van der Waals surface area contributed by atoms with Crippen molar-refractivity contribution in [2.75, 3.05) is 54.0 Å². The number of H-pyrrole nitrogens is 1. The number of nitrogens with zero attached hydrogens (tertiary/aromatic N) is 8. The number of benzene rings is 4. The molecule has 2 fully saturated rings. The molecule has 2 saturated heterocycles. The predicted octanol–water partition coefficient (Wildman–Crippen LogP) is 10.6. The van der Waals surface area contributed by atoms with Crippen LogP contribution < -0.4 is 37.3 Å². The van der Waals surface area contributed by atoms with E-state index < -0.39 is 49.7 Å². The molecular formula is C68H88Cl3N14O12S2-. The minimum atomic E-state index is -3.63. The Balaban J connectivity index is 0.000000227. The Morgan fingerprint density at radius 1 is 0.798 bits per heavy atom. The van der Waals surface area contributed by atoms with E-state index in [4.69, 9.17) is 74.6 Å². The number of aromatic amines is 1. The molecule has 0 bridgehead atoms. The second-order valence-electron chi connectivity index (χ2n) is 25.7. The smallest absolute Gasteiger partial charge is 0.411 e. The molecule has 0 spiro atoms. The molecule has 4 aliphatic heterocycles. The highest BCUT2D eigenvalue weighted by molar-refractivity contribution is 7.92. The molecule has 8 aromatic rings. The second-order valence-corrected chi connectivity index (χ2v) is 29.5. The molecule has 0 saturated carbocycles. The number of amides is 3. The molecule has 26 nitrogen and oxygen atoms in total. The van der Waals surface area contributed by atoms with Gasteiger partial charge in [0.2, 0.25) is 15.9 Å². The fourth-order valence-electron chi connectivity index (χ4n) is 11.2. The Hall–Kier alpha value is -8.35. The molecule has 31 heteroatoms. The summed E-state index contributed by atoms with van der Waals surface area (Å²) < 4.78 is 58.4. The molecule has 5 atom stereocenters. The van der Waals surface area contributed by atoms with Crippen LogP contribution in [0.4, 0.5) is 26.8 Å². The average molecular weight is 1460 g/mol. The maximum absolute atomic E-state index is 14.1. The standard InChI is InChI=1S/C28H30ClN7O3S.C21H24N4O4.C9H18N2O2.C7H5Cl2NO.CH4O2S.2CH4/c1-17-14-36-26(31-27(17)34-10-9-21(30)16-34)13-24(32-36)25-11-18-5-3-4-6-19(18)15-35(25)28(37)22-12-20(29)7-8-23(22)33-40(2,38)39;1-12-18(26)22-17-10-15(23-25(17)19(12)27)16-9-13-7-5-6-8-14(13)11-24(16)20(28)29-21(2,3)4;1-9(2,3)13-8(12)11-7-4-5-10-6-7;8-4-1-2-6(10)5(3-4)7(9)11;1-4(2)3;;/h3-8,12-14,21,25,33H,9-11,15-16,30H2,1-2H3;5-8,10,16,27H,9,11H2,1-4H3,(H,22,26);7,10H,4-6H2,1-3H3,(H,11,12);1-3H,10H2;1H3,(H,2,3);2*1H4/p-1/t21-,25-;16-;7-;;;;/m000..../s1. The van der Waals surface area contributed by atoms with Crippen molar-refractivity contribution >= 4 is 108 Å². The summed E-state index contributed by atoms with van der Waals surface area (Å²) in [5.74, 6) is 0.334. The van der Waals surface area contributed by atoms with Crippen molar-refractivity contribution in [1.29, 1.82) is 0 Å². The number of hydrogen-bond donors (Lipinski definition) is 7. The number of alkyl carbamates (subject to hydrolysis) is 1. The van der Waals surface area contributed by atoms with Gasteiger partial charge in [-0.3, -0.25) is 28.2 Å². The number of aryl methyl sites for hydroxylation is 1. The zero-order valence-electron chi connectivity index (χ0n) is 55.3. The highest BCUT2D eigenvalue weighted by Gasteiger charge is 2.37. The molecule has 4 aromatic heterocycles. The molecule has 536 valence electrons. The van der Waals surface area contributed by atoms with Gasteiger partial charge in [0.15, 0.2) is 5.65 Å². The van der Waals surface area contributed by atoms with E-state index in [1.807, 2.05) is 103 Å². The number of nitrogens with one attached hydrogen (secondary N) is 4. The molecule has 4 aromatic carbocycles. The summed E-state index contributed by atoms with van der Waals surface area (Å²) in [7, 11) is -3.63. The number of aromatic nitrogens is 6.